The van der Waals surface area contributed by atoms with Crippen LogP contribution in [0.4, 0.5) is 9.93 Å². The number of sulfonamides is 1. The van der Waals surface area contributed by atoms with Crippen LogP contribution in [0.1, 0.15) is 11.6 Å². The quantitative estimate of drug-likeness (QED) is 0.564. The van der Waals surface area contributed by atoms with Gasteiger partial charge in [0.25, 0.3) is 15.9 Å². The lowest BCUT2D eigenvalue weighted by Gasteiger charge is -2.20. The Morgan fingerprint density at radius 3 is 2.52 bits per heavy atom. The van der Waals surface area contributed by atoms with E-state index in [1.807, 2.05) is 0 Å². The number of aromatic nitrogens is 1. The van der Waals surface area contributed by atoms with Gasteiger partial charge >= 0.3 is 6.03 Å². The molecule has 1 aromatic heterocycles. The molecule has 3 rings (SSSR count). The largest absolute Gasteiger partial charge is 0.363 e. The third-order valence-corrected chi connectivity index (χ3v) is 6.09. The summed E-state index contributed by atoms with van der Waals surface area (Å²) in [5.74, 6) is -0.482. The molecule has 1 aliphatic rings. The Kier molecular flexibility index (Phi) is 4.70. The number of hydrogen-bond acceptors (Lipinski definition) is 7. The molecule has 0 radical (unpaired) electrons. The molecular formula is C14H14N4O5S2. The molecule has 2 N–H and O–H groups in total. The first kappa shape index (κ1) is 17.3. The maximum Gasteiger partial charge on any atom is 0.322 e. The number of rotatable bonds is 6. The number of ether oxygens (including phenoxy) is 1. The molecule has 11 heteroatoms. The average Bonchev–Trinajstić information content (AvgIpc) is 3.22. The lowest BCUT2D eigenvalue weighted by Crippen LogP contribution is -2.32. The van der Waals surface area contributed by atoms with Crippen molar-refractivity contribution in [3.63, 3.8) is 0 Å². The van der Waals surface area contributed by atoms with Gasteiger partial charge in [-0.1, -0.05) is 12.1 Å². The zero-order chi connectivity index (χ0) is 18.0. The summed E-state index contributed by atoms with van der Waals surface area (Å²) in [7, 11) is -2.49. The molecule has 1 atom stereocenters. The topological polar surface area (TPSA) is 118 Å². The molecule has 1 unspecified atom stereocenters. The normalized spacial score (nSPS) is 17.2. The zero-order valence-electron chi connectivity index (χ0n) is 13.0. The van der Waals surface area contributed by atoms with Gasteiger partial charge in [0.15, 0.2) is 0 Å². The number of amides is 3. The van der Waals surface area contributed by atoms with Crippen molar-refractivity contribution in [2.24, 2.45) is 0 Å². The monoisotopic (exact) mass is 382 g/mol. The second-order valence-corrected chi connectivity index (χ2v) is 7.79. The Morgan fingerprint density at radius 1 is 1.28 bits per heavy atom. The maximum absolute atomic E-state index is 12.8. The Morgan fingerprint density at radius 2 is 2.00 bits per heavy atom. The number of imide groups is 1. The molecular weight excluding hydrogens is 368 g/mol. The average molecular weight is 382 g/mol. The SMILES string of the molecule is COCN(c1nccs1)S(=O)(=O)c1ccc(C2NC(=O)NC2=O)cc1. The number of thiazole rings is 1. The van der Waals surface area contributed by atoms with Crippen molar-refractivity contribution in [3.05, 3.63) is 41.4 Å². The number of benzene rings is 1. The van der Waals surface area contributed by atoms with E-state index in [9.17, 15) is 18.0 Å². The molecule has 9 nitrogen and oxygen atoms in total. The van der Waals surface area contributed by atoms with E-state index in [-0.39, 0.29) is 16.8 Å². The minimum atomic E-state index is -3.88. The minimum absolute atomic E-state index is 0.0215. The standard InChI is InChI=1S/C14H14N4O5S2/c1-23-8-18(14-15-6-7-24-14)25(21,22)10-4-2-9(3-5-10)11-12(19)17-13(20)16-11/h2-7,11H,8H2,1H3,(H2,16,17,19,20). The highest BCUT2D eigenvalue weighted by atomic mass is 32.2. The molecule has 1 aromatic carbocycles. The van der Waals surface area contributed by atoms with Gasteiger partial charge in [-0.3, -0.25) is 10.1 Å². The fourth-order valence-corrected chi connectivity index (χ4v) is 4.49. The van der Waals surface area contributed by atoms with E-state index in [1.165, 1.54) is 48.9 Å². The number of urea groups is 1. The Bertz CT molecular complexity index is 880. The summed E-state index contributed by atoms with van der Waals surface area (Å²) < 4.78 is 31.7. The van der Waals surface area contributed by atoms with Crippen LogP contribution in [0.2, 0.25) is 0 Å². The van der Waals surface area contributed by atoms with Gasteiger partial charge in [-0.25, -0.2) is 22.5 Å². The first-order chi connectivity index (χ1) is 11.9. The fraction of sp³-hybridized carbons (Fsp3) is 0.214. The third-order valence-electron chi connectivity index (χ3n) is 3.45. The molecule has 3 amide bonds. The van der Waals surface area contributed by atoms with Crippen molar-refractivity contribution in [1.82, 2.24) is 15.6 Å². The summed E-state index contributed by atoms with van der Waals surface area (Å²) >= 11 is 1.17. The van der Waals surface area contributed by atoms with E-state index in [1.54, 1.807) is 5.38 Å². The van der Waals surface area contributed by atoms with Crippen LogP contribution in [0.3, 0.4) is 0 Å². The van der Waals surface area contributed by atoms with E-state index in [0.717, 1.165) is 4.31 Å². The summed E-state index contributed by atoms with van der Waals surface area (Å²) in [5.41, 5.74) is 0.481. The van der Waals surface area contributed by atoms with Crippen LogP contribution in [0.25, 0.3) is 0 Å². The number of anilines is 1. The molecule has 0 saturated carbocycles. The van der Waals surface area contributed by atoms with Gasteiger partial charge in [-0.2, -0.15) is 0 Å². The highest BCUT2D eigenvalue weighted by Crippen LogP contribution is 2.26. The predicted octanol–water partition coefficient (Wildman–Crippen LogP) is 0.823. The zero-order valence-corrected chi connectivity index (χ0v) is 14.6. The van der Waals surface area contributed by atoms with Gasteiger partial charge in [-0.15, -0.1) is 11.3 Å². The fourth-order valence-electron chi connectivity index (χ4n) is 2.29. The first-order valence-electron chi connectivity index (χ1n) is 7.06. The van der Waals surface area contributed by atoms with Gasteiger partial charge < -0.3 is 10.1 Å². The Labute approximate surface area is 147 Å². The Hall–Kier alpha value is -2.50. The lowest BCUT2D eigenvalue weighted by molar-refractivity contribution is -0.120. The summed E-state index contributed by atoms with van der Waals surface area (Å²) in [5, 5.41) is 6.53. The molecule has 25 heavy (non-hydrogen) atoms. The number of carbonyl (C=O) groups is 2. The van der Waals surface area contributed by atoms with Crippen molar-refractivity contribution in [1.29, 1.82) is 0 Å². The molecule has 2 aromatic rings. The van der Waals surface area contributed by atoms with Crippen LogP contribution in [-0.4, -0.2) is 39.2 Å². The van der Waals surface area contributed by atoms with Crippen LogP contribution in [0, 0.1) is 0 Å². The number of hydrogen-bond donors (Lipinski definition) is 2. The maximum atomic E-state index is 12.8. The van der Waals surface area contributed by atoms with Crippen LogP contribution in [0.15, 0.2) is 40.7 Å². The van der Waals surface area contributed by atoms with Crippen molar-refractivity contribution in [3.8, 4) is 0 Å². The van der Waals surface area contributed by atoms with Gasteiger partial charge in [0.2, 0.25) is 5.13 Å². The molecule has 0 aliphatic carbocycles. The number of carbonyl (C=O) groups excluding carboxylic acids is 2. The molecule has 1 fully saturated rings. The van der Waals surface area contributed by atoms with Crippen molar-refractivity contribution >= 4 is 38.4 Å². The second kappa shape index (κ2) is 6.78. The summed E-state index contributed by atoms with van der Waals surface area (Å²) in [6.45, 7) is -0.182. The van der Waals surface area contributed by atoms with Crippen molar-refractivity contribution in [2.45, 2.75) is 10.9 Å². The molecule has 2 heterocycles. The van der Waals surface area contributed by atoms with E-state index in [2.05, 4.69) is 15.6 Å². The lowest BCUT2D eigenvalue weighted by atomic mass is 10.1. The van der Waals surface area contributed by atoms with Gasteiger partial charge in [-0.05, 0) is 17.7 Å². The van der Waals surface area contributed by atoms with Gasteiger partial charge in [0.1, 0.15) is 12.8 Å². The molecule has 132 valence electrons. The van der Waals surface area contributed by atoms with Crippen LogP contribution >= 0.6 is 11.3 Å². The highest BCUT2D eigenvalue weighted by Gasteiger charge is 2.32. The van der Waals surface area contributed by atoms with E-state index in [4.69, 9.17) is 4.74 Å². The second-order valence-electron chi connectivity index (χ2n) is 5.05. The first-order valence-corrected chi connectivity index (χ1v) is 9.38. The summed E-state index contributed by atoms with van der Waals surface area (Å²) in [4.78, 5) is 26.9. The number of nitrogens with one attached hydrogen (secondary N) is 2. The van der Waals surface area contributed by atoms with Crippen molar-refractivity contribution in [2.75, 3.05) is 18.1 Å². The van der Waals surface area contributed by atoms with E-state index >= 15 is 0 Å². The van der Waals surface area contributed by atoms with Gasteiger partial charge in [0.05, 0.1) is 4.90 Å². The van der Waals surface area contributed by atoms with Crippen molar-refractivity contribution < 1.29 is 22.7 Å². The number of nitrogens with zero attached hydrogens (tertiary/aromatic N) is 2. The van der Waals surface area contributed by atoms with E-state index in [0.29, 0.717) is 5.56 Å². The van der Waals surface area contributed by atoms with Crippen LogP contribution in [-0.2, 0) is 19.6 Å². The molecule has 1 aliphatic heterocycles. The minimum Gasteiger partial charge on any atom is -0.363 e. The predicted molar refractivity (Wildman–Crippen MR) is 89.5 cm³/mol. The highest BCUT2D eigenvalue weighted by molar-refractivity contribution is 7.93. The molecule has 0 spiro atoms. The number of methoxy groups -OCH3 is 1. The summed E-state index contributed by atoms with van der Waals surface area (Å²) in [6, 6.07) is 4.29. The van der Waals surface area contributed by atoms with Crippen LogP contribution in [0.5, 0.6) is 0 Å². The summed E-state index contributed by atoms with van der Waals surface area (Å²) in [6.07, 6.45) is 1.50. The smallest absolute Gasteiger partial charge is 0.322 e. The van der Waals surface area contributed by atoms with Crippen LogP contribution < -0.4 is 14.9 Å². The molecule has 1 saturated heterocycles. The van der Waals surface area contributed by atoms with E-state index < -0.39 is 28.0 Å². The third kappa shape index (κ3) is 3.34. The Balaban J connectivity index is 1.90. The van der Waals surface area contributed by atoms with Gasteiger partial charge in [0, 0.05) is 18.7 Å². The molecule has 0 bridgehead atoms.